The number of methoxy groups -OCH3 is 1. The number of halogens is 4. The van der Waals surface area contributed by atoms with Gasteiger partial charge >= 0.3 is 6.03 Å². The van der Waals surface area contributed by atoms with Crippen LogP contribution in [0.25, 0.3) is 5.57 Å². The number of benzene rings is 2. The second-order valence-electron chi connectivity index (χ2n) is 7.87. The highest BCUT2D eigenvalue weighted by atomic mass is 35.5. The predicted molar refractivity (Wildman–Crippen MR) is 137 cm³/mol. The summed E-state index contributed by atoms with van der Waals surface area (Å²) in [5.74, 6) is -0.449. The van der Waals surface area contributed by atoms with Gasteiger partial charge in [-0.15, -0.1) is 0 Å². The predicted octanol–water partition coefficient (Wildman–Crippen LogP) is 4.80. The maximum Gasteiger partial charge on any atom is 0.329 e. The van der Waals surface area contributed by atoms with E-state index >= 15 is 4.39 Å². The summed E-state index contributed by atoms with van der Waals surface area (Å²) in [6.07, 6.45) is 1.57. The Labute approximate surface area is 227 Å². The van der Waals surface area contributed by atoms with Crippen LogP contribution in [-0.4, -0.2) is 44.5 Å². The Kier molecular flexibility index (Phi) is 8.29. The van der Waals surface area contributed by atoms with Crippen molar-refractivity contribution < 1.29 is 27.1 Å². The topological polar surface area (TPSA) is 112 Å². The quantitative estimate of drug-likeness (QED) is 0.410. The highest BCUT2D eigenvalue weighted by Crippen LogP contribution is 2.31. The van der Waals surface area contributed by atoms with Crippen LogP contribution >= 0.6 is 34.8 Å². The van der Waals surface area contributed by atoms with Crippen LogP contribution < -0.4 is 14.8 Å². The number of carbonyl (C=O) groups is 1. The highest BCUT2D eigenvalue weighted by molar-refractivity contribution is 7.90. The zero-order valence-corrected chi connectivity index (χ0v) is 22.3. The standard InChI is InChI=1S/C23H20Cl3FN4O5S/c1-35-21-5-4-16(7-19(21)26)37(33,34)30-23(32)28-9-20(27)17-12-36-11-14-8-29-31(22(14)17)10-13-2-3-15(24)6-18(13)25/h2-8H,9-12H2,1H3,(H2,28,30,32). The van der Waals surface area contributed by atoms with E-state index in [1.165, 1.54) is 19.2 Å². The zero-order chi connectivity index (χ0) is 26.7. The van der Waals surface area contributed by atoms with E-state index in [1.807, 2.05) is 4.72 Å². The van der Waals surface area contributed by atoms with E-state index in [4.69, 9.17) is 44.3 Å². The molecule has 0 atom stereocenters. The molecular formula is C23H20Cl3FN4O5S. The number of hydrogen-bond donors (Lipinski definition) is 2. The summed E-state index contributed by atoms with van der Waals surface area (Å²) >= 11 is 18.2. The number of sulfonamides is 1. The Morgan fingerprint density at radius 3 is 2.65 bits per heavy atom. The van der Waals surface area contributed by atoms with E-state index in [-0.39, 0.29) is 41.0 Å². The molecule has 0 bridgehead atoms. The van der Waals surface area contributed by atoms with E-state index in [0.29, 0.717) is 21.3 Å². The minimum absolute atomic E-state index is 0.0474. The van der Waals surface area contributed by atoms with Crippen LogP contribution in [0.2, 0.25) is 15.1 Å². The van der Waals surface area contributed by atoms with Crippen molar-refractivity contribution >= 4 is 56.4 Å². The summed E-state index contributed by atoms with van der Waals surface area (Å²) in [6, 6.07) is 7.62. The normalized spacial score (nSPS) is 14.6. The number of aromatic nitrogens is 2. The Morgan fingerprint density at radius 2 is 1.95 bits per heavy atom. The van der Waals surface area contributed by atoms with Gasteiger partial charge in [-0.25, -0.2) is 22.3 Å². The molecule has 0 spiro atoms. The van der Waals surface area contributed by atoms with Gasteiger partial charge in [0.05, 0.1) is 55.2 Å². The lowest BCUT2D eigenvalue weighted by molar-refractivity contribution is 0.144. The minimum atomic E-state index is -4.27. The first-order valence-electron chi connectivity index (χ1n) is 10.7. The molecule has 1 aromatic heterocycles. The molecule has 0 aliphatic carbocycles. The van der Waals surface area contributed by atoms with Crippen LogP contribution in [-0.2, 0) is 27.9 Å². The molecule has 9 nitrogen and oxygen atoms in total. The Bertz CT molecular complexity index is 1490. The van der Waals surface area contributed by atoms with Crippen molar-refractivity contribution in [3.63, 3.8) is 0 Å². The maximum absolute atomic E-state index is 15.2. The van der Waals surface area contributed by atoms with Crippen molar-refractivity contribution in [2.24, 2.45) is 0 Å². The molecule has 2 heterocycles. The fraction of sp³-hybridized carbons (Fsp3) is 0.217. The Balaban J connectivity index is 1.49. The molecule has 1 aliphatic heterocycles. The van der Waals surface area contributed by atoms with E-state index in [9.17, 15) is 13.2 Å². The molecule has 2 amide bonds. The van der Waals surface area contributed by atoms with Gasteiger partial charge in [-0.3, -0.25) is 4.68 Å². The van der Waals surface area contributed by atoms with Gasteiger partial charge in [-0.05, 0) is 35.9 Å². The summed E-state index contributed by atoms with van der Waals surface area (Å²) < 4.78 is 54.1. The lowest BCUT2D eigenvalue weighted by atomic mass is 10.1. The summed E-state index contributed by atoms with van der Waals surface area (Å²) in [6.45, 7) is -0.170. The summed E-state index contributed by atoms with van der Waals surface area (Å²) in [5.41, 5.74) is 2.06. The van der Waals surface area contributed by atoms with E-state index in [2.05, 4.69) is 10.4 Å². The van der Waals surface area contributed by atoms with Crippen LogP contribution in [0.4, 0.5) is 9.18 Å². The number of rotatable bonds is 7. The maximum atomic E-state index is 15.2. The molecule has 196 valence electrons. The first kappa shape index (κ1) is 27.2. The van der Waals surface area contributed by atoms with Crippen molar-refractivity contribution in [2.45, 2.75) is 18.0 Å². The lowest BCUT2D eigenvalue weighted by Crippen LogP contribution is -2.40. The third kappa shape index (κ3) is 6.19. The van der Waals surface area contributed by atoms with Gasteiger partial charge in [0.2, 0.25) is 0 Å². The molecule has 1 aliphatic rings. The van der Waals surface area contributed by atoms with Gasteiger partial charge in [0.25, 0.3) is 10.0 Å². The van der Waals surface area contributed by atoms with Gasteiger partial charge in [0.1, 0.15) is 11.6 Å². The monoisotopic (exact) mass is 588 g/mol. The van der Waals surface area contributed by atoms with Gasteiger partial charge in [-0.2, -0.15) is 5.10 Å². The number of amides is 2. The van der Waals surface area contributed by atoms with E-state index in [0.717, 1.165) is 11.6 Å². The number of hydrogen-bond acceptors (Lipinski definition) is 6. The van der Waals surface area contributed by atoms with Crippen LogP contribution in [0.5, 0.6) is 5.75 Å². The SMILES string of the molecule is COc1ccc(S(=O)(=O)NC(=O)NCC(F)=C2COCc3cnn(Cc4ccc(Cl)cc4Cl)c32)cc1Cl. The molecule has 0 saturated carbocycles. The van der Waals surface area contributed by atoms with Crippen molar-refractivity contribution in [1.29, 1.82) is 0 Å². The second-order valence-corrected chi connectivity index (χ2v) is 10.8. The largest absolute Gasteiger partial charge is 0.495 e. The summed E-state index contributed by atoms with van der Waals surface area (Å²) in [7, 11) is -2.89. The molecule has 0 saturated heterocycles. The molecule has 14 heteroatoms. The zero-order valence-electron chi connectivity index (χ0n) is 19.2. The van der Waals surface area contributed by atoms with Crippen molar-refractivity contribution in [1.82, 2.24) is 19.8 Å². The van der Waals surface area contributed by atoms with Gasteiger partial charge in [0.15, 0.2) is 0 Å². The molecule has 0 fully saturated rings. The molecule has 0 radical (unpaired) electrons. The molecule has 2 aromatic carbocycles. The molecule has 0 unspecified atom stereocenters. The third-order valence-electron chi connectivity index (χ3n) is 5.43. The van der Waals surface area contributed by atoms with Crippen LogP contribution in [0.15, 0.2) is 53.3 Å². The van der Waals surface area contributed by atoms with Crippen molar-refractivity contribution in [3.8, 4) is 5.75 Å². The Morgan fingerprint density at radius 1 is 1.16 bits per heavy atom. The molecule has 4 rings (SSSR count). The molecule has 37 heavy (non-hydrogen) atoms. The smallest absolute Gasteiger partial charge is 0.329 e. The van der Waals surface area contributed by atoms with Crippen LogP contribution in [0.1, 0.15) is 16.8 Å². The molecular weight excluding hydrogens is 570 g/mol. The van der Waals surface area contributed by atoms with Crippen LogP contribution in [0.3, 0.4) is 0 Å². The number of carbonyl (C=O) groups excluding carboxylic acids is 1. The number of nitrogens with zero attached hydrogens (tertiary/aromatic N) is 2. The molecule has 2 N–H and O–H groups in total. The number of fused-ring (bicyclic) bond motifs is 1. The van der Waals surface area contributed by atoms with E-state index in [1.54, 1.807) is 29.1 Å². The van der Waals surface area contributed by atoms with Gasteiger partial charge < -0.3 is 14.8 Å². The average molecular weight is 590 g/mol. The second kappa shape index (κ2) is 11.3. The van der Waals surface area contributed by atoms with Gasteiger partial charge in [-0.1, -0.05) is 40.9 Å². The first-order chi connectivity index (χ1) is 17.6. The summed E-state index contributed by atoms with van der Waals surface area (Å²) in [5, 5.41) is 7.51. The van der Waals surface area contributed by atoms with E-state index < -0.39 is 28.4 Å². The summed E-state index contributed by atoms with van der Waals surface area (Å²) in [4.78, 5) is 12.0. The highest BCUT2D eigenvalue weighted by Gasteiger charge is 2.25. The molecule has 3 aromatic rings. The van der Waals surface area contributed by atoms with Gasteiger partial charge in [0, 0.05) is 21.2 Å². The fourth-order valence-corrected chi connectivity index (χ4v) is 5.39. The Hall–Kier alpha value is -2.83. The average Bonchev–Trinajstić information content (AvgIpc) is 3.27. The van der Waals surface area contributed by atoms with Crippen LogP contribution in [0, 0.1) is 0 Å². The fourth-order valence-electron chi connectivity index (χ4n) is 3.64. The minimum Gasteiger partial charge on any atom is -0.495 e. The van der Waals surface area contributed by atoms with Crippen molar-refractivity contribution in [3.05, 3.63) is 80.3 Å². The number of urea groups is 1. The van der Waals surface area contributed by atoms with Crippen molar-refractivity contribution in [2.75, 3.05) is 20.3 Å². The first-order valence-corrected chi connectivity index (χ1v) is 13.3. The lowest BCUT2D eigenvalue weighted by Gasteiger charge is -2.20. The third-order valence-corrected chi connectivity index (χ3v) is 7.64. The number of ether oxygens (including phenoxy) is 2. The number of nitrogens with one attached hydrogen (secondary N) is 2.